The van der Waals surface area contributed by atoms with Crippen LogP contribution >= 0.6 is 0 Å². The van der Waals surface area contributed by atoms with Crippen LogP contribution < -0.4 is 0 Å². The van der Waals surface area contributed by atoms with Gasteiger partial charge >= 0.3 is 5.97 Å². The number of aliphatic hydroxyl groups is 1. The molecule has 0 aliphatic heterocycles. The largest absolute Gasteiger partial charge is 0.479 e. The van der Waals surface area contributed by atoms with Crippen LogP contribution in [-0.2, 0) is 4.79 Å². The van der Waals surface area contributed by atoms with E-state index in [9.17, 15) is 4.79 Å². The second kappa shape index (κ2) is 4.46. The van der Waals surface area contributed by atoms with E-state index in [0.717, 1.165) is 0 Å². The highest BCUT2D eigenvalue weighted by Crippen LogP contribution is 2.10. The molecule has 62 valence electrons. The number of aliphatic carboxylic acids is 1. The Kier molecular flexibility index (Phi) is 5.50. The summed E-state index contributed by atoms with van der Waals surface area (Å²) in [5.74, 6) is -1.15. The van der Waals surface area contributed by atoms with Crippen molar-refractivity contribution in [3.05, 3.63) is 0 Å². The van der Waals surface area contributed by atoms with Crippen molar-refractivity contribution >= 4 is 16.9 Å². The summed E-state index contributed by atoms with van der Waals surface area (Å²) in [5.41, 5.74) is -1.53. The molecule has 0 heterocycles. The van der Waals surface area contributed by atoms with E-state index < -0.39 is 11.6 Å². The highest BCUT2D eigenvalue weighted by molar-refractivity contribution is 5.76. The summed E-state index contributed by atoms with van der Waals surface area (Å²) in [5, 5.41) is 17.3. The van der Waals surface area contributed by atoms with Crippen LogP contribution in [0.5, 0.6) is 0 Å². The Bertz CT molecular complexity index is 112. The van der Waals surface area contributed by atoms with E-state index in [1.807, 2.05) is 6.92 Å². The van der Waals surface area contributed by atoms with Crippen LogP contribution in [0.4, 0.5) is 0 Å². The fourth-order valence-corrected chi connectivity index (χ4v) is 0.594. The maximum atomic E-state index is 10.2. The average Bonchev–Trinajstić information content (AvgIpc) is 1.65. The van der Waals surface area contributed by atoms with Gasteiger partial charge in [-0.05, 0) is 24.3 Å². The normalized spacial score (nSPS) is 15.1. The molecule has 0 fully saturated rings. The molecule has 0 aliphatic rings. The smallest absolute Gasteiger partial charge is 0.335 e. The van der Waals surface area contributed by atoms with Gasteiger partial charge in [-0.2, -0.15) is 0 Å². The SMILES string of the molecule is CCCC(C)(O)C(=O)O.[SiH4]. The third-order valence-electron chi connectivity index (χ3n) is 1.20. The van der Waals surface area contributed by atoms with Crippen LogP contribution in [0.3, 0.4) is 0 Å². The second-order valence-electron chi connectivity index (χ2n) is 2.33. The maximum Gasteiger partial charge on any atom is 0.335 e. The first-order valence-electron chi connectivity index (χ1n) is 2.96. The molecule has 0 spiro atoms. The van der Waals surface area contributed by atoms with Gasteiger partial charge in [-0.3, -0.25) is 0 Å². The van der Waals surface area contributed by atoms with Crippen molar-refractivity contribution in [2.45, 2.75) is 32.3 Å². The van der Waals surface area contributed by atoms with Crippen molar-refractivity contribution in [1.29, 1.82) is 0 Å². The first-order chi connectivity index (χ1) is 4.00. The summed E-state index contributed by atoms with van der Waals surface area (Å²) in [4.78, 5) is 10.2. The molecule has 0 amide bonds. The average molecular weight is 164 g/mol. The van der Waals surface area contributed by atoms with E-state index in [4.69, 9.17) is 10.2 Å². The van der Waals surface area contributed by atoms with E-state index in [-0.39, 0.29) is 11.0 Å². The first kappa shape index (κ1) is 12.3. The quantitative estimate of drug-likeness (QED) is 0.535. The molecule has 0 saturated heterocycles. The van der Waals surface area contributed by atoms with E-state index in [1.165, 1.54) is 6.92 Å². The monoisotopic (exact) mass is 164 g/mol. The molecule has 2 N–H and O–H groups in total. The fraction of sp³-hybridized carbons (Fsp3) is 0.833. The van der Waals surface area contributed by atoms with Crippen molar-refractivity contribution in [1.82, 2.24) is 0 Å². The van der Waals surface area contributed by atoms with Gasteiger partial charge in [-0.25, -0.2) is 4.79 Å². The number of carboxylic acid groups (broad SMARTS) is 1. The third kappa shape index (κ3) is 3.63. The van der Waals surface area contributed by atoms with Crippen LogP contribution in [0.2, 0.25) is 0 Å². The van der Waals surface area contributed by atoms with Gasteiger partial charge in [0.25, 0.3) is 0 Å². The Hall–Kier alpha value is -0.353. The topological polar surface area (TPSA) is 57.5 Å². The van der Waals surface area contributed by atoms with Crippen molar-refractivity contribution < 1.29 is 15.0 Å². The molecule has 0 aromatic heterocycles. The molecule has 0 radical (unpaired) electrons. The lowest BCUT2D eigenvalue weighted by Crippen LogP contribution is -2.34. The molecule has 0 saturated carbocycles. The number of hydrogen-bond acceptors (Lipinski definition) is 2. The van der Waals surface area contributed by atoms with Gasteiger partial charge in [0.15, 0.2) is 5.60 Å². The van der Waals surface area contributed by atoms with Gasteiger partial charge in [0.05, 0.1) is 0 Å². The molecule has 0 rings (SSSR count). The Balaban J connectivity index is 0. The van der Waals surface area contributed by atoms with E-state index in [1.54, 1.807) is 0 Å². The Morgan fingerprint density at radius 1 is 1.60 bits per heavy atom. The van der Waals surface area contributed by atoms with Crippen LogP contribution in [0.15, 0.2) is 0 Å². The van der Waals surface area contributed by atoms with Crippen LogP contribution in [0, 0.1) is 0 Å². The van der Waals surface area contributed by atoms with Gasteiger partial charge in [0, 0.05) is 0 Å². The Morgan fingerprint density at radius 2 is 2.00 bits per heavy atom. The molecule has 0 aromatic carbocycles. The standard InChI is InChI=1S/C6H12O3.H4Si/c1-3-4-6(2,9)5(7)8;/h9H,3-4H2,1-2H3,(H,7,8);1H4. The van der Waals surface area contributed by atoms with Crippen molar-refractivity contribution in [2.75, 3.05) is 0 Å². The molecular formula is C6H16O3Si. The molecule has 4 heteroatoms. The van der Waals surface area contributed by atoms with E-state index in [0.29, 0.717) is 12.8 Å². The molecule has 0 aromatic rings. The Morgan fingerprint density at radius 3 is 2.10 bits per heavy atom. The predicted molar refractivity (Wildman–Crippen MR) is 44.5 cm³/mol. The molecule has 10 heavy (non-hydrogen) atoms. The molecule has 3 nitrogen and oxygen atoms in total. The minimum Gasteiger partial charge on any atom is -0.479 e. The van der Waals surface area contributed by atoms with Gasteiger partial charge < -0.3 is 10.2 Å². The zero-order chi connectivity index (χ0) is 7.49. The number of carbonyl (C=O) groups is 1. The van der Waals surface area contributed by atoms with Crippen LogP contribution in [0.25, 0.3) is 0 Å². The molecule has 1 unspecified atom stereocenters. The van der Waals surface area contributed by atoms with E-state index in [2.05, 4.69) is 0 Å². The summed E-state index contributed by atoms with van der Waals surface area (Å²) in [6, 6.07) is 0. The lowest BCUT2D eigenvalue weighted by atomic mass is 10.0. The summed E-state index contributed by atoms with van der Waals surface area (Å²) >= 11 is 0. The minimum absolute atomic E-state index is 0. The van der Waals surface area contributed by atoms with Gasteiger partial charge in [-0.15, -0.1) is 0 Å². The minimum atomic E-state index is -1.53. The van der Waals surface area contributed by atoms with Gasteiger partial charge in [0.2, 0.25) is 0 Å². The lowest BCUT2D eigenvalue weighted by Gasteiger charge is -2.15. The molecule has 1 atom stereocenters. The zero-order valence-corrected chi connectivity index (χ0v) is 5.72. The number of carboxylic acids is 1. The highest BCUT2D eigenvalue weighted by Gasteiger charge is 2.27. The van der Waals surface area contributed by atoms with Crippen molar-refractivity contribution in [3.8, 4) is 0 Å². The molecule has 0 bridgehead atoms. The Labute approximate surface area is 65.1 Å². The van der Waals surface area contributed by atoms with Crippen molar-refractivity contribution in [2.24, 2.45) is 0 Å². The summed E-state index contributed by atoms with van der Waals surface area (Å²) in [6.07, 6.45) is 0.988. The van der Waals surface area contributed by atoms with E-state index >= 15 is 0 Å². The van der Waals surface area contributed by atoms with Gasteiger partial charge in [-0.1, -0.05) is 13.3 Å². The number of rotatable bonds is 3. The fourth-order valence-electron chi connectivity index (χ4n) is 0.594. The lowest BCUT2D eigenvalue weighted by molar-refractivity contribution is -0.157. The van der Waals surface area contributed by atoms with Crippen molar-refractivity contribution in [3.63, 3.8) is 0 Å². The highest BCUT2D eigenvalue weighted by atomic mass is 28.1. The van der Waals surface area contributed by atoms with Crippen LogP contribution in [-0.4, -0.2) is 32.7 Å². The predicted octanol–water partition coefficient (Wildman–Crippen LogP) is -0.830. The number of hydrogen-bond donors (Lipinski definition) is 2. The maximum absolute atomic E-state index is 10.2. The third-order valence-corrected chi connectivity index (χ3v) is 1.20. The summed E-state index contributed by atoms with van der Waals surface area (Å²) in [6.45, 7) is 3.14. The zero-order valence-electron chi connectivity index (χ0n) is 5.72. The summed E-state index contributed by atoms with van der Waals surface area (Å²) in [7, 11) is 0. The second-order valence-corrected chi connectivity index (χ2v) is 2.33. The first-order valence-corrected chi connectivity index (χ1v) is 2.96. The molecule has 0 aliphatic carbocycles. The van der Waals surface area contributed by atoms with Crippen LogP contribution in [0.1, 0.15) is 26.7 Å². The molecular weight excluding hydrogens is 148 g/mol. The summed E-state index contributed by atoms with van der Waals surface area (Å²) < 4.78 is 0. The van der Waals surface area contributed by atoms with Gasteiger partial charge in [0.1, 0.15) is 0 Å².